The molecule has 1 atom stereocenters. The van der Waals surface area contributed by atoms with E-state index in [0.29, 0.717) is 5.41 Å². The van der Waals surface area contributed by atoms with Crippen LogP contribution in [-0.4, -0.2) is 38.6 Å². The lowest BCUT2D eigenvalue weighted by Gasteiger charge is -2.40. The Morgan fingerprint density at radius 2 is 1.79 bits per heavy atom. The van der Waals surface area contributed by atoms with Crippen LogP contribution >= 0.6 is 0 Å². The van der Waals surface area contributed by atoms with Crippen molar-refractivity contribution in [1.29, 1.82) is 0 Å². The largest absolute Gasteiger partial charge is 0.380 e. The van der Waals surface area contributed by atoms with Gasteiger partial charge in [0.1, 0.15) is 5.60 Å². The second kappa shape index (κ2) is 3.80. The first-order valence-corrected chi connectivity index (χ1v) is 5.54. The van der Waals surface area contributed by atoms with Crippen LogP contribution in [0.3, 0.4) is 0 Å². The molecule has 82 valence electrons. The zero-order chi connectivity index (χ0) is 10.1. The lowest BCUT2D eigenvalue weighted by atomic mass is 9.84. The fraction of sp³-hybridized carbons (Fsp3) is 1.00. The minimum absolute atomic E-state index is 0.0690. The Morgan fingerprint density at radius 1 is 1.07 bits per heavy atom. The Balaban J connectivity index is 1.67. The maximum absolute atomic E-state index is 5.74. The highest BCUT2D eigenvalue weighted by Crippen LogP contribution is 2.34. The van der Waals surface area contributed by atoms with Crippen molar-refractivity contribution in [2.45, 2.75) is 32.3 Å². The molecule has 14 heavy (non-hydrogen) atoms. The molecule has 0 spiro atoms. The molecule has 0 radical (unpaired) electrons. The third-order valence-electron chi connectivity index (χ3n) is 3.54. The second-order valence-electron chi connectivity index (χ2n) is 4.66. The highest BCUT2D eigenvalue weighted by Gasteiger charge is 2.44. The van der Waals surface area contributed by atoms with Crippen molar-refractivity contribution in [2.75, 3.05) is 33.0 Å². The van der Waals surface area contributed by atoms with Crippen LogP contribution in [0.2, 0.25) is 0 Å². The maximum Gasteiger partial charge on any atom is 0.115 e. The SMILES string of the molecule is CCC1(COCC2(CC)CO2)COC1. The predicted molar refractivity (Wildman–Crippen MR) is 53.3 cm³/mol. The van der Waals surface area contributed by atoms with E-state index in [4.69, 9.17) is 14.2 Å². The van der Waals surface area contributed by atoms with Crippen LogP contribution in [0, 0.1) is 5.41 Å². The number of hydrogen-bond acceptors (Lipinski definition) is 3. The first kappa shape index (κ1) is 10.4. The van der Waals surface area contributed by atoms with Crippen LogP contribution in [0.5, 0.6) is 0 Å². The van der Waals surface area contributed by atoms with E-state index in [-0.39, 0.29) is 5.60 Å². The van der Waals surface area contributed by atoms with E-state index in [2.05, 4.69) is 13.8 Å². The van der Waals surface area contributed by atoms with Gasteiger partial charge in [-0.1, -0.05) is 13.8 Å². The van der Waals surface area contributed by atoms with E-state index < -0.39 is 0 Å². The summed E-state index contributed by atoms with van der Waals surface area (Å²) in [5.74, 6) is 0. The second-order valence-corrected chi connectivity index (χ2v) is 4.66. The molecule has 0 N–H and O–H groups in total. The lowest BCUT2D eigenvalue weighted by Crippen LogP contribution is -2.46. The van der Waals surface area contributed by atoms with Crippen LogP contribution in [0.25, 0.3) is 0 Å². The molecule has 2 rings (SSSR count). The van der Waals surface area contributed by atoms with Crippen molar-refractivity contribution in [1.82, 2.24) is 0 Å². The minimum atomic E-state index is 0.0690. The van der Waals surface area contributed by atoms with Gasteiger partial charge in [0.15, 0.2) is 0 Å². The highest BCUT2D eigenvalue weighted by molar-refractivity contribution is 4.91. The molecule has 2 heterocycles. The van der Waals surface area contributed by atoms with Crippen LogP contribution in [0.4, 0.5) is 0 Å². The molecule has 0 aromatic heterocycles. The molecular weight excluding hydrogens is 180 g/mol. The van der Waals surface area contributed by atoms with Crippen molar-refractivity contribution in [3.8, 4) is 0 Å². The van der Waals surface area contributed by atoms with E-state index in [1.165, 1.54) is 0 Å². The van der Waals surface area contributed by atoms with Crippen LogP contribution in [0.15, 0.2) is 0 Å². The van der Waals surface area contributed by atoms with Crippen LogP contribution in [0.1, 0.15) is 26.7 Å². The van der Waals surface area contributed by atoms with Gasteiger partial charge in [0.2, 0.25) is 0 Å². The Kier molecular flexibility index (Phi) is 2.82. The number of hydrogen-bond donors (Lipinski definition) is 0. The third-order valence-corrected chi connectivity index (χ3v) is 3.54. The van der Waals surface area contributed by atoms with Gasteiger partial charge in [0.05, 0.1) is 33.0 Å². The highest BCUT2D eigenvalue weighted by atomic mass is 16.6. The summed E-state index contributed by atoms with van der Waals surface area (Å²) in [6.45, 7) is 8.54. The van der Waals surface area contributed by atoms with Crippen molar-refractivity contribution >= 4 is 0 Å². The molecule has 2 aliphatic rings. The van der Waals surface area contributed by atoms with E-state index in [0.717, 1.165) is 45.9 Å². The van der Waals surface area contributed by atoms with Crippen molar-refractivity contribution < 1.29 is 14.2 Å². The average Bonchev–Trinajstić information content (AvgIpc) is 2.91. The van der Waals surface area contributed by atoms with E-state index in [9.17, 15) is 0 Å². The third kappa shape index (κ3) is 1.95. The quantitative estimate of drug-likeness (QED) is 0.610. The van der Waals surface area contributed by atoms with Crippen LogP contribution in [-0.2, 0) is 14.2 Å². The van der Waals surface area contributed by atoms with Gasteiger partial charge in [-0.05, 0) is 12.8 Å². The first-order valence-electron chi connectivity index (χ1n) is 5.54. The van der Waals surface area contributed by atoms with E-state index in [1.54, 1.807) is 0 Å². The van der Waals surface area contributed by atoms with Gasteiger partial charge in [-0.3, -0.25) is 0 Å². The minimum Gasteiger partial charge on any atom is -0.380 e. The summed E-state index contributed by atoms with van der Waals surface area (Å²) in [6.07, 6.45) is 2.20. The van der Waals surface area contributed by atoms with Gasteiger partial charge >= 0.3 is 0 Å². The maximum atomic E-state index is 5.74. The van der Waals surface area contributed by atoms with Crippen molar-refractivity contribution in [2.24, 2.45) is 5.41 Å². The molecule has 0 amide bonds. The molecule has 0 aromatic carbocycles. The number of epoxide rings is 1. The monoisotopic (exact) mass is 200 g/mol. The molecule has 3 heteroatoms. The van der Waals surface area contributed by atoms with Crippen LogP contribution < -0.4 is 0 Å². The molecule has 2 aliphatic heterocycles. The zero-order valence-electron chi connectivity index (χ0n) is 9.17. The smallest absolute Gasteiger partial charge is 0.115 e. The molecule has 1 unspecified atom stereocenters. The summed E-state index contributed by atoms with van der Waals surface area (Å²) in [5, 5.41) is 0. The summed E-state index contributed by atoms with van der Waals surface area (Å²) < 4.78 is 16.4. The summed E-state index contributed by atoms with van der Waals surface area (Å²) in [5.41, 5.74) is 0.378. The van der Waals surface area contributed by atoms with Crippen molar-refractivity contribution in [3.63, 3.8) is 0 Å². The topological polar surface area (TPSA) is 31.0 Å². The van der Waals surface area contributed by atoms with Gasteiger partial charge in [-0.2, -0.15) is 0 Å². The van der Waals surface area contributed by atoms with Gasteiger partial charge in [0, 0.05) is 5.41 Å². The summed E-state index contributed by atoms with van der Waals surface area (Å²) in [6, 6.07) is 0. The Bertz CT molecular complexity index is 189. The van der Waals surface area contributed by atoms with Gasteiger partial charge < -0.3 is 14.2 Å². The molecular formula is C11H20O3. The summed E-state index contributed by atoms with van der Waals surface area (Å²) >= 11 is 0. The van der Waals surface area contributed by atoms with Gasteiger partial charge in [-0.15, -0.1) is 0 Å². The zero-order valence-corrected chi connectivity index (χ0v) is 9.17. The normalized spacial score (nSPS) is 33.9. The fourth-order valence-corrected chi connectivity index (χ4v) is 1.73. The number of ether oxygens (including phenoxy) is 3. The van der Waals surface area contributed by atoms with Gasteiger partial charge in [0.25, 0.3) is 0 Å². The molecule has 0 aromatic rings. The Labute approximate surface area is 85.7 Å². The molecule has 0 bridgehead atoms. The molecule has 0 aliphatic carbocycles. The average molecular weight is 200 g/mol. The summed E-state index contributed by atoms with van der Waals surface area (Å²) in [7, 11) is 0. The lowest BCUT2D eigenvalue weighted by molar-refractivity contribution is -0.153. The molecule has 0 saturated carbocycles. The standard InChI is InChI=1S/C11H20O3/c1-3-10(5-12-6-10)7-13-8-11(4-2)9-14-11/h3-9H2,1-2H3. The molecule has 2 saturated heterocycles. The predicted octanol–water partition coefficient (Wildman–Crippen LogP) is 1.61. The Hall–Kier alpha value is -0.120. The first-order chi connectivity index (χ1) is 6.74. The van der Waals surface area contributed by atoms with E-state index >= 15 is 0 Å². The number of rotatable bonds is 6. The fourth-order valence-electron chi connectivity index (χ4n) is 1.73. The molecule has 2 fully saturated rings. The van der Waals surface area contributed by atoms with E-state index in [1.807, 2.05) is 0 Å². The molecule has 3 nitrogen and oxygen atoms in total. The summed E-state index contributed by atoms with van der Waals surface area (Å²) in [4.78, 5) is 0. The Morgan fingerprint density at radius 3 is 2.14 bits per heavy atom. The van der Waals surface area contributed by atoms with Gasteiger partial charge in [-0.25, -0.2) is 0 Å². The van der Waals surface area contributed by atoms with Crippen molar-refractivity contribution in [3.05, 3.63) is 0 Å².